The van der Waals surface area contributed by atoms with Crippen molar-refractivity contribution >= 4 is 31.9 Å². The third kappa shape index (κ3) is 3.10. The van der Waals surface area contributed by atoms with Gasteiger partial charge in [-0.05, 0) is 18.6 Å². The lowest BCUT2D eigenvalue weighted by Crippen LogP contribution is -2.31. The van der Waals surface area contributed by atoms with Crippen molar-refractivity contribution in [1.82, 2.24) is 4.31 Å². The first-order valence-electron chi connectivity index (χ1n) is 6.02. The molecule has 1 unspecified atom stereocenters. The lowest BCUT2D eigenvalue weighted by Gasteiger charge is -2.17. The third-order valence-electron chi connectivity index (χ3n) is 3.29. The fourth-order valence-corrected chi connectivity index (χ4v) is 4.36. The SMILES string of the molecule is COC1CCN(S(=O)(=O)c2cc(Br)cc(C(=O)O)c2F)C1. The number of nitrogens with zero attached hydrogens (tertiary/aromatic N) is 1. The van der Waals surface area contributed by atoms with E-state index in [1.165, 1.54) is 7.11 Å². The van der Waals surface area contributed by atoms with Gasteiger partial charge in [0.2, 0.25) is 10.0 Å². The molecule has 0 radical (unpaired) electrons. The van der Waals surface area contributed by atoms with Crippen LogP contribution in [-0.2, 0) is 14.8 Å². The summed E-state index contributed by atoms with van der Waals surface area (Å²) >= 11 is 3.00. The van der Waals surface area contributed by atoms with Gasteiger partial charge in [-0.15, -0.1) is 0 Å². The van der Waals surface area contributed by atoms with Crippen molar-refractivity contribution < 1.29 is 27.4 Å². The highest BCUT2D eigenvalue weighted by Gasteiger charge is 2.35. The highest BCUT2D eigenvalue weighted by Crippen LogP contribution is 2.29. The quantitative estimate of drug-likeness (QED) is 0.857. The third-order valence-corrected chi connectivity index (χ3v) is 5.62. The van der Waals surface area contributed by atoms with E-state index >= 15 is 0 Å². The van der Waals surface area contributed by atoms with Crippen molar-refractivity contribution in [2.45, 2.75) is 17.4 Å². The van der Waals surface area contributed by atoms with E-state index in [0.717, 1.165) is 16.4 Å². The molecule has 1 aliphatic rings. The van der Waals surface area contributed by atoms with Crippen LogP contribution in [0.3, 0.4) is 0 Å². The van der Waals surface area contributed by atoms with Crippen molar-refractivity contribution in [3.63, 3.8) is 0 Å². The number of benzene rings is 1. The molecule has 1 aromatic carbocycles. The van der Waals surface area contributed by atoms with Gasteiger partial charge in [0.25, 0.3) is 0 Å². The van der Waals surface area contributed by atoms with Crippen molar-refractivity contribution in [3.8, 4) is 0 Å². The number of ether oxygens (including phenoxy) is 1. The predicted octanol–water partition coefficient (Wildman–Crippen LogP) is 1.70. The van der Waals surface area contributed by atoms with E-state index in [1.807, 2.05) is 0 Å². The molecular weight excluding hydrogens is 369 g/mol. The van der Waals surface area contributed by atoms with Gasteiger partial charge in [-0.3, -0.25) is 0 Å². The smallest absolute Gasteiger partial charge is 0.338 e. The number of halogens is 2. The number of sulfonamides is 1. The van der Waals surface area contributed by atoms with Gasteiger partial charge in [0.1, 0.15) is 4.90 Å². The minimum absolute atomic E-state index is 0.118. The summed E-state index contributed by atoms with van der Waals surface area (Å²) < 4.78 is 45.5. The van der Waals surface area contributed by atoms with E-state index in [2.05, 4.69) is 15.9 Å². The van der Waals surface area contributed by atoms with E-state index in [9.17, 15) is 17.6 Å². The standard InChI is InChI=1S/C12H13BrFNO5S/c1-20-8-2-3-15(6-8)21(18,19)10-5-7(13)4-9(11(10)14)12(16)17/h4-5,8H,2-3,6H2,1H3,(H,16,17). The first-order chi connectivity index (χ1) is 9.77. The summed E-state index contributed by atoms with van der Waals surface area (Å²) in [6, 6.07) is 2.09. The molecule has 0 aromatic heterocycles. The molecule has 116 valence electrons. The molecule has 1 aliphatic heterocycles. The van der Waals surface area contributed by atoms with Gasteiger partial charge in [-0.1, -0.05) is 15.9 Å². The maximum absolute atomic E-state index is 14.2. The van der Waals surface area contributed by atoms with Gasteiger partial charge >= 0.3 is 5.97 Å². The number of carboxylic acids is 1. The van der Waals surface area contributed by atoms with Crippen LogP contribution in [-0.4, -0.2) is 50.1 Å². The van der Waals surface area contributed by atoms with E-state index in [-0.39, 0.29) is 23.7 Å². The molecule has 9 heteroatoms. The molecule has 1 aromatic rings. The van der Waals surface area contributed by atoms with E-state index in [4.69, 9.17) is 9.84 Å². The fraction of sp³-hybridized carbons (Fsp3) is 0.417. The van der Waals surface area contributed by atoms with Crippen molar-refractivity contribution in [2.75, 3.05) is 20.2 Å². The van der Waals surface area contributed by atoms with Gasteiger partial charge in [0.05, 0.1) is 11.7 Å². The number of carboxylic acid groups (broad SMARTS) is 1. The molecule has 0 spiro atoms. The number of rotatable bonds is 4. The van der Waals surface area contributed by atoms with Gasteiger partial charge in [0, 0.05) is 24.7 Å². The average molecular weight is 382 g/mol. The van der Waals surface area contributed by atoms with Crippen LogP contribution in [0.2, 0.25) is 0 Å². The molecule has 2 rings (SSSR count). The van der Waals surface area contributed by atoms with Crippen molar-refractivity contribution in [3.05, 3.63) is 28.0 Å². The molecule has 1 heterocycles. The van der Waals surface area contributed by atoms with Crippen LogP contribution in [0.1, 0.15) is 16.8 Å². The molecule has 0 bridgehead atoms. The first kappa shape index (κ1) is 16.3. The summed E-state index contributed by atoms with van der Waals surface area (Å²) in [5.74, 6) is -2.78. The highest BCUT2D eigenvalue weighted by molar-refractivity contribution is 9.10. The van der Waals surface area contributed by atoms with Crippen molar-refractivity contribution in [1.29, 1.82) is 0 Å². The van der Waals surface area contributed by atoms with Gasteiger partial charge in [-0.25, -0.2) is 17.6 Å². The van der Waals surface area contributed by atoms with Crippen LogP contribution in [0.4, 0.5) is 4.39 Å². The lowest BCUT2D eigenvalue weighted by molar-refractivity contribution is 0.0691. The Morgan fingerprint density at radius 2 is 2.19 bits per heavy atom. The number of hydrogen-bond acceptors (Lipinski definition) is 4. The molecule has 6 nitrogen and oxygen atoms in total. The fourth-order valence-electron chi connectivity index (χ4n) is 2.16. The van der Waals surface area contributed by atoms with Crippen LogP contribution < -0.4 is 0 Å². The van der Waals surface area contributed by atoms with Crippen LogP contribution >= 0.6 is 15.9 Å². The Bertz CT molecular complexity index is 678. The zero-order valence-electron chi connectivity index (χ0n) is 11.0. The monoisotopic (exact) mass is 381 g/mol. The summed E-state index contributed by atoms with van der Waals surface area (Å²) in [5, 5.41) is 8.94. The Balaban J connectivity index is 2.48. The summed E-state index contributed by atoms with van der Waals surface area (Å²) in [5.41, 5.74) is -0.689. The first-order valence-corrected chi connectivity index (χ1v) is 8.26. The Hall–Kier alpha value is -1.03. The number of hydrogen-bond donors (Lipinski definition) is 1. The van der Waals surface area contributed by atoms with Crippen molar-refractivity contribution in [2.24, 2.45) is 0 Å². The Labute approximate surface area is 129 Å². The van der Waals surface area contributed by atoms with Crippen LogP contribution in [0.5, 0.6) is 0 Å². The van der Waals surface area contributed by atoms with Crippen LogP contribution in [0, 0.1) is 5.82 Å². The summed E-state index contributed by atoms with van der Waals surface area (Å²) in [6.45, 7) is 0.322. The summed E-state index contributed by atoms with van der Waals surface area (Å²) in [7, 11) is -2.63. The molecular formula is C12H13BrFNO5S. The summed E-state index contributed by atoms with van der Waals surface area (Å²) in [6.07, 6.45) is 0.269. The number of aromatic carboxylic acids is 1. The second kappa shape index (κ2) is 5.99. The normalized spacial score (nSPS) is 19.9. The molecule has 1 atom stereocenters. The Kier molecular flexibility index (Phi) is 4.66. The van der Waals surface area contributed by atoms with E-state index in [0.29, 0.717) is 6.42 Å². The van der Waals surface area contributed by atoms with Gasteiger partial charge in [-0.2, -0.15) is 4.31 Å². The predicted molar refractivity (Wildman–Crippen MR) is 75.2 cm³/mol. The van der Waals surface area contributed by atoms with Crippen LogP contribution in [0.25, 0.3) is 0 Å². The minimum atomic E-state index is -4.11. The second-order valence-electron chi connectivity index (χ2n) is 4.58. The Morgan fingerprint density at radius 3 is 2.71 bits per heavy atom. The number of methoxy groups -OCH3 is 1. The molecule has 0 saturated carbocycles. The zero-order valence-corrected chi connectivity index (χ0v) is 13.4. The lowest BCUT2D eigenvalue weighted by atomic mass is 10.2. The average Bonchev–Trinajstić information content (AvgIpc) is 2.90. The molecule has 1 N–H and O–H groups in total. The summed E-state index contributed by atoms with van der Waals surface area (Å²) in [4.78, 5) is 10.3. The van der Waals surface area contributed by atoms with Gasteiger partial charge in [0.15, 0.2) is 5.82 Å². The van der Waals surface area contributed by atoms with E-state index < -0.39 is 32.3 Å². The Morgan fingerprint density at radius 1 is 1.52 bits per heavy atom. The van der Waals surface area contributed by atoms with E-state index in [1.54, 1.807) is 0 Å². The molecule has 0 amide bonds. The maximum atomic E-state index is 14.2. The number of carbonyl (C=O) groups is 1. The molecule has 1 saturated heterocycles. The highest BCUT2D eigenvalue weighted by atomic mass is 79.9. The maximum Gasteiger partial charge on any atom is 0.338 e. The molecule has 21 heavy (non-hydrogen) atoms. The van der Waals surface area contributed by atoms with Crippen LogP contribution in [0.15, 0.2) is 21.5 Å². The molecule has 0 aliphatic carbocycles. The second-order valence-corrected chi connectivity index (χ2v) is 7.40. The topological polar surface area (TPSA) is 83.9 Å². The molecule has 1 fully saturated rings. The minimum Gasteiger partial charge on any atom is -0.478 e. The van der Waals surface area contributed by atoms with Gasteiger partial charge < -0.3 is 9.84 Å². The largest absolute Gasteiger partial charge is 0.478 e. The zero-order chi connectivity index (χ0) is 15.8.